The molecule has 0 radical (unpaired) electrons. The van der Waals surface area contributed by atoms with E-state index in [2.05, 4.69) is 12.2 Å². The van der Waals surface area contributed by atoms with E-state index in [-0.39, 0.29) is 55.8 Å². The normalized spacial score (nSPS) is 36.2. The molecule has 0 aliphatic heterocycles. The molecule has 0 heterocycles. The number of hydrogen-bond acceptors (Lipinski definition) is 9. The Morgan fingerprint density at radius 2 is 1.86 bits per heavy atom. The van der Waals surface area contributed by atoms with Crippen molar-refractivity contribution >= 4 is 29.4 Å². The Balaban J connectivity index is 1.33. The highest BCUT2D eigenvalue weighted by atomic mass is 16.5. The summed E-state index contributed by atoms with van der Waals surface area (Å²) in [7, 11) is 0. The molecule has 3 fully saturated rings. The van der Waals surface area contributed by atoms with E-state index in [4.69, 9.17) is 9.84 Å². The molecule has 4 rings (SSSR count). The number of hydrogen-bond donors (Lipinski definition) is 5. The Kier molecular flexibility index (Phi) is 8.63. The molecule has 4 aliphatic carbocycles. The molecule has 0 spiro atoms. The quantitative estimate of drug-likeness (QED) is 0.234. The van der Waals surface area contributed by atoms with E-state index in [0.29, 0.717) is 12.8 Å². The van der Waals surface area contributed by atoms with E-state index < -0.39 is 64.3 Å². The standard InChI is InChI=1S/C31H43NO10/c1-28(2,26(38)27(39)40)16-32-23(36)7-8-24(37)42-15-22(35)31(41)12-10-20-19-6-5-17-13-18(33)9-11-29(17,3)25(19)21(34)14-30(20,31)4/h9,11,13,19-21,25-26,34,38,41H,5-8,10,12,14-16H2,1-4H3,(H,32,36)(H,39,40)/t19-,20-,21-,25+,26+,29-,30-,31-/m0/s1. The van der Waals surface area contributed by atoms with Crippen LogP contribution in [-0.4, -0.2) is 80.8 Å². The number of ether oxygens (including phenoxy) is 1. The van der Waals surface area contributed by atoms with E-state index in [0.717, 1.165) is 12.0 Å². The summed E-state index contributed by atoms with van der Waals surface area (Å²) in [4.78, 5) is 60.9. The molecule has 11 heteroatoms. The van der Waals surface area contributed by atoms with Crippen molar-refractivity contribution in [2.45, 2.75) is 90.4 Å². The lowest BCUT2D eigenvalue weighted by Gasteiger charge is -2.59. The molecule has 232 valence electrons. The fraction of sp³-hybridized carbons (Fsp3) is 0.710. The van der Waals surface area contributed by atoms with Crippen LogP contribution in [0.2, 0.25) is 0 Å². The minimum Gasteiger partial charge on any atom is -0.479 e. The number of allylic oxidation sites excluding steroid dienone is 4. The highest BCUT2D eigenvalue weighted by Crippen LogP contribution is 2.67. The van der Waals surface area contributed by atoms with Crippen molar-refractivity contribution in [2.24, 2.45) is 34.0 Å². The Hall–Kier alpha value is -2.89. The van der Waals surface area contributed by atoms with Crippen LogP contribution in [0.15, 0.2) is 23.8 Å². The lowest BCUT2D eigenvalue weighted by atomic mass is 9.46. The van der Waals surface area contributed by atoms with Gasteiger partial charge < -0.3 is 30.5 Å². The summed E-state index contributed by atoms with van der Waals surface area (Å²) in [5, 5.41) is 44.4. The fourth-order valence-electron chi connectivity index (χ4n) is 8.19. The Morgan fingerprint density at radius 1 is 1.17 bits per heavy atom. The predicted octanol–water partition coefficient (Wildman–Crippen LogP) is 1.48. The molecule has 0 saturated heterocycles. The third-order valence-corrected chi connectivity index (χ3v) is 10.7. The fourth-order valence-corrected chi connectivity index (χ4v) is 8.19. The molecule has 11 nitrogen and oxygen atoms in total. The van der Waals surface area contributed by atoms with Crippen molar-refractivity contribution in [2.75, 3.05) is 13.2 Å². The molecule has 0 aromatic carbocycles. The second-order valence-corrected chi connectivity index (χ2v) is 13.7. The van der Waals surface area contributed by atoms with Crippen molar-refractivity contribution in [1.82, 2.24) is 5.32 Å². The van der Waals surface area contributed by atoms with Gasteiger partial charge in [-0.2, -0.15) is 0 Å². The van der Waals surface area contributed by atoms with Crippen LogP contribution in [0.3, 0.4) is 0 Å². The number of Topliss-reactive ketones (excluding diaryl/α,β-unsaturated/α-hetero) is 1. The largest absolute Gasteiger partial charge is 0.479 e. The van der Waals surface area contributed by atoms with Gasteiger partial charge in [0, 0.05) is 35.1 Å². The summed E-state index contributed by atoms with van der Waals surface area (Å²) in [5.41, 5.74) is -3.28. The summed E-state index contributed by atoms with van der Waals surface area (Å²) >= 11 is 0. The molecule has 0 bridgehead atoms. The molecule has 1 amide bonds. The molecule has 0 unspecified atom stereocenters. The molecule has 3 saturated carbocycles. The van der Waals surface area contributed by atoms with E-state index in [9.17, 15) is 39.3 Å². The zero-order chi connectivity index (χ0) is 31.3. The number of ketones is 2. The second kappa shape index (κ2) is 11.3. The number of rotatable bonds is 10. The van der Waals surface area contributed by atoms with E-state index in [1.807, 2.05) is 13.0 Å². The van der Waals surface area contributed by atoms with Gasteiger partial charge in [0.05, 0.1) is 12.5 Å². The van der Waals surface area contributed by atoms with Crippen LogP contribution >= 0.6 is 0 Å². The lowest BCUT2D eigenvalue weighted by molar-refractivity contribution is -0.181. The highest BCUT2D eigenvalue weighted by Gasteiger charge is 2.68. The first-order chi connectivity index (χ1) is 19.5. The van der Waals surface area contributed by atoms with Gasteiger partial charge in [0.15, 0.2) is 18.5 Å². The molecular weight excluding hydrogens is 546 g/mol. The van der Waals surface area contributed by atoms with Gasteiger partial charge in [0.25, 0.3) is 0 Å². The van der Waals surface area contributed by atoms with E-state index in [1.54, 1.807) is 12.2 Å². The Bertz CT molecular complexity index is 1220. The number of aliphatic carboxylic acids is 1. The number of aliphatic hydroxyl groups excluding tert-OH is 2. The lowest BCUT2D eigenvalue weighted by Crippen LogP contribution is -2.61. The summed E-state index contributed by atoms with van der Waals surface area (Å²) in [6.07, 6.45) is 4.50. The molecular formula is C31H43NO10. The van der Waals surface area contributed by atoms with Gasteiger partial charge in [0.2, 0.25) is 11.7 Å². The third kappa shape index (κ3) is 5.46. The smallest absolute Gasteiger partial charge is 0.333 e. The van der Waals surface area contributed by atoms with Crippen molar-refractivity contribution in [3.05, 3.63) is 23.8 Å². The van der Waals surface area contributed by atoms with Gasteiger partial charge in [-0.15, -0.1) is 0 Å². The summed E-state index contributed by atoms with van der Waals surface area (Å²) in [5.74, 6) is -3.57. The number of carboxylic acid groups (broad SMARTS) is 1. The Morgan fingerprint density at radius 3 is 2.52 bits per heavy atom. The zero-order valence-electron chi connectivity index (χ0n) is 24.7. The summed E-state index contributed by atoms with van der Waals surface area (Å²) in [6.45, 7) is 6.07. The maximum Gasteiger partial charge on any atom is 0.333 e. The van der Waals surface area contributed by atoms with Crippen LogP contribution in [-0.2, 0) is 28.7 Å². The average Bonchev–Trinajstić information content (AvgIpc) is 3.19. The summed E-state index contributed by atoms with van der Waals surface area (Å²) in [6, 6.07) is 0. The van der Waals surface area contributed by atoms with Gasteiger partial charge in [-0.3, -0.25) is 19.2 Å². The first kappa shape index (κ1) is 32.0. The number of aliphatic hydroxyl groups is 3. The number of carboxylic acids is 1. The first-order valence-corrected chi connectivity index (χ1v) is 14.7. The van der Waals surface area contributed by atoms with Gasteiger partial charge in [0.1, 0.15) is 5.60 Å². The van der Waals surface area contributed by atoms with E-state index in [1.165, 1.54) is 13.8 Å². The SMILES string of the molecule is CC(C)(CNC(=O)CCC(=O)OCC(=O)[C@@]1(O)CC[C@H]2[C@@H]3CCC4=CC(=O)C=C[C@]4(C)[C@H]3[C@@H](O)C[C@@]21C)[C@H](O)C(=O)O. The molecule has 4 aliphatic rings. The maximum atomic E-state index is 13.4. The van der Waals surface area contributed by atoms with Gasteiger partial charge in [-0.25, -0.2) is 4.79 Å². The molecule has 0 aromatic rings. The van der Waals surface area contributed by atoms with Gasteiger partial charge >= 0.3 is 11.9 Å². The minimum atomic E-state index is -1.78. The monoisotopic (exact) mass is 589 g/mol. The topological polar surface area (TPSA) is 188 Å². The second-order valence-electron chi connectivity index (χ2n) is 13.7. The number of carbonyl (C=O) groups is 5. The number of nitrogens with one attached hydrogen (secondary N) is 1. The van der Waals surface area contributed by atoms with Crippen molar-refractivity contribution in [1.29, 1.82) is 0 Å². The van der Waals surface area contributed by atoms with Crippen LogP contribution in [0, 0.1) is 34.0 Å². The molecule has 42 heavy (non-hydrogen) atoms. The van der Waals surface area contributed by atoms with Gasteiger partial charge in [-0.1, -0.05) is 39.3 Å². The van der Waals surface area contributed by atoms with Crippen LogP contribution in [0.25, 0.3) is 0 Å². The average molecular weight is 590 g/mol. The summed E-state index contributed by atoms with van der Waals surface area (Å²) < 4.78 is 5.14. The van der Waals surface area contributed by atoms with Crippen LogP contribution in [0.5, 0.6) is 0 Å². The highest BCUT2D eigenvalue weighted by molar-refractivity contribution is 6.01. The maximum absolute atomic E-state index is 13.4. The van der Waals surface area contributed by atoms with Crippen LogP contribution in [0.1, 0.15) is 72.6 Å². The molecule has 0 aromatic heterocycles. The van der Waals surface area contributed by atoms with Crippen molar-refractivity contribution in [3.8, 4) is 0 Å². The third-order valence-electron chi connectivity index (χ3n) is 10.7. The number of amides is 1. The number of fused-ring (bicyclic) bond motifs is 5. The Labute approximate surface area is 245 Å². The minimum absolute atomic E-state index is 0.0347. The number of carbonyl (C=O) groups excluding carboxylic acids is 4. The zero-order valence-corrected chi connectivity index (χ0v) is 24.7. The van der Waals surface area contributed by atoms with Crippen molar-refractivity contribution in [3.63, 3.8) is 0 Å². The first-order valence-electron chi connectivity index (χ1n) is 14.7. The molecule has 8 atom stereocenters. The van der Waals surface area contributed by atoms with Gasteiger partial charge in [-0.05, 0) is 56.1 Å². The van der Waals surface area contributed by atoms with Crippen molar-refractivity contribution < 1.29 is 49.1 Å². The van der Waals surface area contributed by atoms with Crippen LogP contribution in [0.4, 0.5) is 0 Å². The van der Waals surface area contributed by atoms with Crippen LogP contribution < -0.4 is 5.32 Å². The van der Waals surface area contributed by atoms with E-state index >= 15 is 0 Å². The predicted molar refractivity (Wildman–Crippen MR) is 149 cm³/mol. The number of esters is 1. The molecule has 5 N–H and O–H groups in total.